The first-order chi connectivity index (χ1) is 9.01. The van der Waals surface area contributed by atoms with E-state index in [1.165, 1.54) is 12.1 Å². The van der Waals surface area contributed by atoms with Gasteiger partial charge in [-0.05, 0) is 12.1 Å². The van der Waals surface area contributed by atoms with Crippen LogP contribution >= 0.6 is 23.1 Å². The molecule has 9 heteroatoms. The number of hydrogen-bond acceptors (Lipinski definition) is 6. The fourth-order valence-corrected chi connectivity index (χ4v) is 3.96. The van der Waals surface area contributed by atoms with Crippen molar-refractivity contribution in [3.63, 3.8) is 0 Å². The van der Waals surface area contributed by atoms with Crippen LogP contribution in [-0.2, 0) is 16.6 Å². The zero-order chi connectivity index (χ0) is 13.6. The summed E-state index contributed by atoms with van der Waals surface area (Å²) in [5, 5.41) is 3.72. The number of nitrogens with zero attached hydrogens (tertiary/aromatic N) is 3. The number of halogens is 1. The molecule has 2 heterocycles. The summed E-state index contributed by atoms with van der Waals surface area (Å²) in [7, 11) is -3.83. The first kappa shape index (κ1) is 12.5. The van der Waals surface area contributed by atoms with Crippen molar-refractivity contribution in [2.45, 2.75) is 11.4 Å². The van der Waals surface area contributed by atoms with Gasteiger partial charge in [0.1, 0.15) is 14.9 Å². The zero-order valence-electron chi connectivity index (χ0n) is 9.28. The molecule has 1 amide bonds. The first-order valence-electron chi connectivity index (χ1n) is 5.14. The van der Waals surface area contributed by atoms with E-state index in [2.05, 4.69) is 9.59 Å². The van der Waals surface area contributed by atoms with Gasteiger partial charge in [-0.15, -0.1) is 5.10 Å². The Balaban J connectivity index is 2.06. The Labute approximate surface area is 117 Å². The van der Waals surface area contributed by atoms with Crippen LogP contribution < -0.4 is 0 Å². The van der Waals surface area contributed by atoms with Gasteiger partial charge in [-0.25, -0.2) is 12.7 Å². The van der Waals surface area contributed by atoms with Gasteiger partial charge in [0.05, 0.1) is 12.1 Å². The smallest absolute Gasteiger partial charge is 0.268 e. The number of amides is 1. The Morgan fingerprint density at radius 2 is 2.05 bits per heavy atom. The molecule has 0 atom stereocenters. The number of benzene rings is 1. The maximum Gasteiger partial charge on any atom is 0.269 e. The number of rotatable bonds is 2. The van der Waals surface area contributed by atoms with Gasteiger partial charge in [-0.3, -0.25) is 4.79 Å². The molecule has 0 saturated carbocycles. The molecule has 0 spiro atoms. The molecule has 0 unspecified atom stereocenters. The van der Waals surface area contributed by atoms with Crippen LogP contribution in [0.5, 0.6) is 0 Å². The van der Waals surface area contributed by atoms with Crippen molar-refractivity contribution in [1.29, 1.82) is 0 Å². The van der Waals surface area contributed by atoms with Crippen molar-refractivity contribution in [3.05, 3.63) is 39.9 Å². The van der Waals surface area contributed by atoms with Gasteiger partial charge in [-0.1, -0.05) is 28.2 Å². The quantitative estimate of drug-likeness (QED) is 0.839. The molecule has 2 aromatic rings. The van der Waals surface area contributed by atoms with Crippen LogP contribution in [0.3, 0.4) is 0 Å². The number of aromatic nitrogens is 2. The summed E-state index contributed by atoms with van der Waals surface area (Å²) in [5.41, 5.74) is 0.443. The van der Waals surface area contributed by atoms with Crippen molar-refractivity contribution in [2.24, 2.45) is 0 Å². The molecule has 19 heavy (non-hydrogen) atoms. The Hall–Kier alpha value is -1.51. The number of carbonyl (C=O) groups is 1. The van der Waals surface area contributed by atoms with E-state index < -0.39 is 15.9 Å². The maximum atomic E-state index is 12.2. The molecule has 0 bridgehead atoms. The molecule has 6 nitrogen and oxygen atoms in total. The molecule has 0 saturated heterocycles. The molecule has 0 aliphatic carbocycles. The highest BCUT2D eigenvalue weighted by Crippen LogP contribution is 2.32. The maximum absolute atomic E-state index is 12.2. The molecule has 0 fully saturated rings. The third-order valence-corrected chi connectivity index (χ3v) is 5.49. The van der Waals surface area contributed by atoms with E-state index in [1.807, 2.05) is 0 Å². The number of fused-ring (bicyclic) bond motifs is 1. The fourth-order valence-electron chi connectivity index (χ4n) is 1.81. The predicted molar refractivity (Wildman–Crippen MR) is 68.4 cm³/mol. The summed E-state index contributed by atoms with van der Waals surface area (Å²) < 4.78 is 29.2. The topological polar surface area (TPSA) is 80.2 Å². The summed E-state index contributed by atoms with van der Waals surface area (Å²) in [6.07, 6.45) is 0. The normalized spacial score (nSPS) is 16.7. The third-order valence-electron chi connectivity index (χ3n) is 2.71. The minimum absolute atomic E-state index is 0.0133. The van der Waals surface area contributed by atoms with Gasteiger partial charge >= 0.3 is 0 Å². The molecule has 1 aliphatic rings. The van der Waals surface area contributed by atoms with E-state index in [1.54, 1.807) is 12.1 Å². The third kappa shape index (κ3) is 1.83. The van der Waals surface area contributed by atoms with Crippen LogP contribution in [0.15, 0.2) is 29.2 Å². The summed E-state index contributed by atoms with van der Waals surface area (Å²) >= 11 is 6.78. The first-order valence-corrected chi connectivity index (χ1v) is 7.74. The van der Waals surface area contributed by atoms with Gasteiger partial charge in [0.25, 0.3) is 15.9 Å². The second-order valence-corrected chi connectivity index (χ2v) is 6.99. The van der Waals surface area contributed by atoms with Crippen LogP contribution in [0.2, 0.25) is 4.34 Å². The van der Waals surface area contributed by atoms with Gasteiger partial charge in [0.15, 0.2) is 0 Å². The van der Waals surface area contributed by atoms with Crippen LogP contribution in [-0.4, -0.2) is 28.2 Å². The Kier molecular flexibility index (Phi) is 2.80. The highest BCUT2D eigenvalue weighted by atomic mass is 35.5. The van der Waals surface area contributed by atoms with E-state index in [0.717, 1.165) is 15.8 Å². The second kappa shape index (κ2) is 4.26. The zero-order valence-corrected chi connectivity index (χ0v) is 11.7. The molecular formula is C10H6ClN3O3S2. The van der Waals surface area contributed by atoms with E-state index in [-0.39, 0.29) is 27.0 Å². The summed E-state index contributed by atoms with van der Waals surface area (Å²) in [6, 6.07) is 6.08. The summed E-state index contributed by atoms with van der Waals surface area (Å²) in [4.78, 5) is 12.1. The number of sulfonamides is 1. The van der Waals surface area contributed by atoms with Crippen molar-refractivity contribution in [2.75, 3.05) is 0 Å². The minimum atomic E-state index is -3.83. The molecule has 1 aromatic carbocycles. The summed E-state index contributed by atoms with van der Waals surface area (Å²) in [5.74, 6) is -0.570. The molecule has 0 radical (unpaired) electrons. The van der Waals surface area contributed by atoms with Crippen LogP contribution in [0.1, 0.15) is 16.1 Å². The lowest BCUT2D eigenvalue weighted by molar-refractivity contribution is 0.0864. The predicted octanol–water partition coefficient (Wildman–Crippen LogP) is 1.54. The Morgan fingerprint density at radius 3 is 2.68 bits per heavy atom. The molecule has 98 valence electrons. The lowest BCUT2D eigenvalue weighted by Crippen LogP contribution is -2.29. The van der Waals surface area contributed by atoms with Crippen LogP contribution in [0.4, 0.5) is 0 Å². The van der Waals surface area contributed by atoms with E-state index in [4.69, 9.17) is 11.6 Å². The second-order valence-electron chi connectivity index (χ2n) is 3.81. The van der Waals surface area contributed by atoms with Crippen LogP contribution in [0.25, 0.3) is 0 Å². The average Bonchev–Trinajstić information content (AvgIpc) is 2.87. The SMILES string of the molecule is O=C1c2ccccc2S(=O)(=O)N1Cc1nnsc1Cl. The minimum Gasteiger partial charge on any atom is -0.268 e. The highest BCUT2D eigenvalue weighted by Gasteiger charge is 2.41. The molecule has 3 rings (SSSR count). The van der Waals surface area contributed by atoms with Crippen LogP contribution in [0, 0.1) is 0 Å². The van der Waals surface area contributed by atoms with Crippen molar-refractivity contribution in [1.82, 2.24) is 13.9 Å². The molecule has 0 N–H and O–H groups in total. The summed E-state index contributed by atoms with van der Waals surface area (Å²) in [6.45, 7) is -0.203. The fraction of sp³-hybridized carbons (Fsp3) is 0.100. The van der Waals surface area contributed by atoms with Crippen molar-refractivity contribution >= 4 is 39.1 Å². The van der Waals surface area contributed by atoms with Crippen molar-refractivity contribution in [3.8, 4) is 0 Å². The van der Waals surface area contributed by atoms with E-state index in [9.17, 15) is 13.2 Å². The average molecular weight is 316 g/mol. The van der Waals surface area contributed by atoms with Gasteiger partial charge in [-0.2, -0.15) is 0 Å². The largest absolute Gasteiger partial charge is 0.269 e. The standard InChI is InChI=1S/C10H6ClN3O3S2/c11-9-7(12-13-18-9)5-14-10(15)6-3-1-2-4-8(6)19(14,16)17/h1-4H,5H2. The molecular weight excluding hydrogens is 310 g/mol. The lowest BCUT2D eigenvalue weighted by Gasteiger charge is -2.13. The lowest BCUT2D eigenvalue weighted by atomic mass is 10.2. The monoisotopic (exact) mass is 315 g/mol. The Bertz CT molecular complexity index is 772. The molecule has 1 aromatic heterocycles. The molecule has 1 aliphatic heterocycles. The van der Waals surface area contributed by atoms with Gasteiger partial charge < -0.3 is 0 Å². The van der Waals surface area contributed by atoms with Gasteiger partial charge in [0, 0.05) is 11.5 Å². The van der Waals surface area contributed by atoms with Gasteiger partial charge in [0.2, 0.25) is 0 Å². The Morgan fingerprint density at radius 1 is 1.32 bits per heavy atom. The van der Waals surface area contributed by atoms with E-state index >= 15 is 0 Å². The van der Waals surface area contributed by atoms with Crippen molar-refractivity contribution < 1.29 is 13.2 Å². The highest BCUT2D eigenvalue weighted by molar-refractivity contribution is 7.90. The van der Waals surface area contributed by atoms with E-state index in [0.29, 0.717) is 0 Å². The number of hydrogen-bond donors (Lipinski definition) is 0. The number of carbonyl (C=O) groups excluding carboxylic acids is 1.